The SMILES string of the molecule is COc1ccc(S(=O)(=O)N(C(=O)CN)c2ccccc2C=Cc2cc[n+]([O-])cc2)cc1.Cl. The van der Waals surface area contributed by atoms with Crippen LogP contribution in [0.4, 0.5) is 5.69 Å². The molecule has 1 heterocycles. The van der Waals surface area contributed by atoms with Crippen LogP contribution in [0.3, 0.4) is 0 Å². The molecule has 0 saturated heterocycles. The second-order valence-electron chi connectivity index (χ2n) is 6.43. The monoisotopic (exact) mass is 475 g/mol. The Balaban J connectivity index is 0.00000363. The summed E-state index contributed by atoms with van der Waals surface area (Å²) in [5, 5.41) is 11.2. The molecule has 0 unspecified atom stereocenters. The quantitative estimate of drug-likeness (QED) is 0.414. The number of para-hydroxylation sites is 1. The van der Waals surface area contributed by atoms with Crippen LogP contribution in [0.1, 0.15) is 11.1 Å². The minimum atomic E-state index is -4.23. The number of amides is 1. The third kappa shape index (κ3) is 5.44. The van der Waals surface area contributed by atoms with E-state index in [2.05, 4.69) is 0 Å². The first-order valence-corrected chi connectivity index (χ1v) is 10.7. The van der Waals surface area contributed by atoms with Crippen molar-refractivity contribution in [3.05, 3.63) is 89.4 Å². The number of rotatable bonds is 7. The van der Waals surface area contributed by atoms with Crippen LogP contribution in [0.5, 0.6) is 5.75 Å². The first-order chi connectivity index (χ1) is 14.9. The van der Waals surface area contributed by atoms with Crippen LogP contribution in [0, 0.1) is 5.21 Å². The lowest BCUT2D eigenvalue weighted by Crippen LogP contribution is -2.41. The molecule has 0 radical (unpaired) electrons. The molecule has 8 nitrogen and oxygen atoms in total. The molecule has 3 rings (SSSR count). The van der Waals surface area contributed by atoms with Crippen LogP contribution in [0.25, 0.3) is 12.2 Å². The highest BCUT2D eigenvalue weighted by Crippen LogP contribution is 2.29. The van der Waals surface area contributed by atoms with Crippen LogP contribution in [-0.2, 0) is 14.8 Å². The second kappa shape index (κ2) is 10.8. The van der Waals surface area contributed by atoms with Gasteiger partial charge >= 0.3 is 0 Å². The number of aromatic nitrogens is 1. The van der Waals surface area contributed by atoms with Crippen molar-refractivity contribution in [1.29, 1.82) is 0 Å². The van der Waals surface area contributed by atoms with Crippen molar-refractivity contribution in [3.8, 4) is 5.75 Å². The summed E-state index contributed by atoms with van der Waals surface area (Å²) in [6.07, 6.45) is 6.08. The van der Waals surface area contributed by atoms with Gasteiger partial charge in [0.05, 0.1) is 24.2 Å². The van der Waals surface area contributed by atoms with E-state index in [-0.39, 0.29) is 23.0 Å². The van der Waals surface area contributed by atoms with Crippen molar-refractivity contribution < 1.29 is 22.7 Å². The van der Waals surface area contributed by atoms with Crippen molar-refractivity contribution in [2.45, 2.75) is 4.90 Å². The molecular weight excluding hydrogens is 454 g/mol. The van der Waals surface area contributed by atoms with Crippen molar-refractivity contribution in [2.24, 2.45) is 5.73 Å². The van der Waals surface area contributed by atoms with Crippen LogP contribution in [0.15, 0.2) is 78.0 Å². The molecule has 1 amide bonds. The lowest BCUT2D eigenvalue weighted by Gasteiger charge is -2.24. The van der Waals surface area contributed by atoms with Gasteiger partial charge < -0.3 is 15.7 Å². The maximum Gasteiger partial charge on any atom is 0.270 e. The zero-order chi connectivity index (χ0) is 22.4. The number of hydrogen-bond acceptors (Lipinski definition) is 6. The van der Waals surface area contributed by atoms with Gasteiger partial charge in [-0.3, -0.25) is 4.79 Å². The fourth-order valence-corrected chi connectivity index (χ4v) is 4.33. The molecule has 2 aromatic carbocycles. The third-order valence-electron chi connectivity index (χ3n) is 4.44. The van der Waals surface area contributed by atoms with Gasteiger partial charge in [-0.15, -0.1) is 12.4 Å². The summed E-state index contributed by atoms with van der Waals surface area (Å²) in [5.41, 5.74) is 6.92. The van der Waals surface area contributed by atoms with E-state index in [1.165, 1.54) is 49.8 Å². The number of halogens is 1. The summed E-state index contributed by atoms with van der Waals surface area (Å²) in [4.78, 5) is 12.6. The van der Waals surface area contributed by atoms with Gasteiger partial charge in [0, 0.05) is 12.1 Å². The van der Waals surface area contributed by atoms with E-state index < -0.39 is 22.5 Å². The van der Waals surface area contributed by atoms with E-state index in [0.717, 1.165) is 5.56 Å². The predicted molar refractivity (Wildman–Crippen MR) is 125 cm³/mol. The lowest BCUT2D eigenvalue weighted by molar-refractivity contribution is -0.605. The number of anilines is 1. The Morgan fingerprint density at radius 2 is 1.69 bits per heavy atom. The molecule has 0 aliphatic carbocycles. The van der Waals surface area contributed by atoms with Gasteiger partial charge in [-0.25, -0.2) is 12.7 Å². The van der Waals surface area contributed by atoms with Crippen LogP contribution in [0.2, 0.25) is 0 Å². The number of methoxy groups -OCH3 is 1. The molecular formula is C22H22ClN3O5S. The van der Waals surface area contributed by atoms with E-state index in [1.807, 2.05) is 0 Å². The van der Waals surface area contributed by atoms with E-state index in [9.17, 15) is 18.4 Å². The average Bonchev–Trinajstić information content (AvgIpc) is 2.79. The number of nitrogens with zero attached hydrogens (tertiary/aromatic N) is 2. The summed E-state index contributed by atoms with van der Waals surface area (Å²) >= 11 is 0. The maximum atomic E-state index is 13.3. The Hall–Kier alpha value is -3.40. The molecule has 0 spiro atoms. The number of nitrogens with two attached hydrogens (primary N) is 1. The largest absolute Gasteiger partial charge is 0.619 e. The minimum absolute atomic E-state index is 0. The minimum Gasteiger partial charge on any atom is -0.619 e. The number of sulfonamides is 1. The Morgan fingerprint density at radius 1 is 1.06 bits per heavy atom. The molecule has 0 bridgehead atoms. The number of benzene rings is 2. The van der Waals surface area contributed by atoms with Crippen LogP contribution < -0.4 is 19.5 Å². The molecule has 3 aromatic rings. The molecule has 10 heteroatoms. The fourth-order valence-electron chi connectivity index (χ4n) is 2.87. The van der Waals surface area contributed by atoms with Crippen LogP contribution >= 0.6 is 12.4 Å². The number of hydrogen-bond donors (Lipinski definition) is 1. The number of carbonyl (C=O) groups is 1. The number of pyridine rings is 1. The second-order valence-corrected chi connectivity index (χ2v) is 8.21. The lowest BCUT2D eigenvalue weighted by atomic mass is 10.1. The molecule has 32 heavy (non-hydrogen) atoms. The van der Waals surface area contributed by atoms with Crippen molar-refractivity contribution in [3.63, 3.8) is 0 Å². The van der Waals surface area contributed by atoms with Crippen molar-refractivity contribution >= 4 is 46.2 Å². The fraction of sp³-hybridized carbons (Fsp3) is 0.0909. The van der Waals surface area contributed by atoms with E-state index in [1.54, 1.807) is 42.5 Å². The molecule has 0 atom stereocenters. The molecule has 2 N–H and O–H groups in total. The standard InChI is InChI=1S/C22H21N3O5S.ClH/c1-30-19-8-10-20(11-9-19)31(28,29)25(22(26)16-23)21-5-3-2-4-18(21)7-6-17-12-14-24(27)15-13-17;/h2-15H,16,23H2,1H3;1H. The summed E-state index contributed by atoms with van der Waals surface area (Å²) < 4.78 is 33.1. The molecule has 168 valence electrons. The van der Waals surface area contributed by atoms with Gasteiger partial charge in [0.15, 0.2) is 12.4 Å². The Kier molecular flexibility index (Phi) is 8.36. The Bertz CT molecular complexity index is 1200. The summed E-state index contributed by atoms with van der Waals surface area (Å²) in [5.74, 6) is -0.287. The zero-order valence-electron chi connectivity index (χ0n) is 17.1. The van der Waals surface area contributed by atoms with E-state index >= 15 is 0 Å². The van der Waals surface area contributed by atoms with Gasteiger partial charge in [0.1, 0.15) is 5.75 Å². The van der Waals surface area contributed by atoms with E-state index in [0.29, 0.717) is 20.3 Å². The highest BCUT2D eigenvalue weighted by molar-refractivity contribution is 7.93. The predicted octanol–water partition coefficient (Wildman–Crippen LogP) is 2.60. The highest BCUT2D eigenvalue weighted by Gasteiger charge is 2.31. The first-order valence-electron chi connectivity index (χ1n) is 9.25. The smallest absolute Gasteiger partial charge is 0.270 e. The molecule has 0 aliphatic heterocycles. The van der Waals surface area contributed by atoms with Gasteiger partial charge in [0.25, 0.3) is 15.9 Å². The molecule has 1 aromatic heterocycles. The van der Waals surface area contributed by atoms with E-state index in [4.69, 9.17) is 10.5 Å². The molecule has 0 fully saturated rings. The Labute approximate surface area is 192 Å². The average molecular weight is 476 g/mol. The molecule has 0 aliphatic rings. The van der Waals surface area contributed by atoms with Gasteiger partial charge in [0.2, 0.25) is 0 Å². The topological polar surface area (TPSA) is 117 Å². The van der Waals surface area contributed by atoms with Gasteiger partial charge in [-0.2, -0.15) is 4.73 Å². The first kappa shape index (κ1) is 24.9. The van der Waals surface area contributed by atoms with Crippen molar-refractivity contribution in [1.82, 2.24) is 0 Å². The van der Waals surface area contributed by atoms with Gasteiger partial charge in [-0.1, -0.05) is 30.4 Å². The number of carbonyl (C=O) groups excluding carboxylic acids is 1. The third-order valence-corrected chi connectivity index (χ3v) is 6.19. The zero-order valence-corrected chi connectivity index (χ0v) is 18.8. The maximum absolute atomic E-state index is 13.3. The normalized spacial score (nSPS) is 11.1. The molecule has 0 saturated carbocycles. The van der Waals surface area contributed by atoms with Gasteiger partial charge in [-0.05, 0) is 41.5 Å². The highest BCUT2D eigenvalue weighted by atomic mass is 35.5. The number of ether oxygens (including phenoxy) is 1. The van der Waals surface area contributed by atoms with Crippen molar-refractivity contribution in [2.75, 3.05) is 18.0 Å². The summed E-state index contributed by atoms with van der Waals surface area (Å²) in [7, 11) is -2.76. The summed E-state index contributed by atoms with van der Waals surface area (Å²) in [6, 6.07) is 15.5. The van der Waals surface area contributed by atoms with Crippen LogP contribution in [-0.4, -0.2) is 28.0 Å². The summed E-state index contributed by atoms with van der Waals surface area (Å²) in [6.45, 7) is -0.490. The Morgan fingerprint density at radius 3 is 2.28 bits per heavy atom.